The first-order chi connectivity index (χ1) is 13.7. The van der Waals surface area contributed by atoms with Gasteiger partial charge in [0, 0.05) is 35.9 Å². The van der Waals surface area contributed by atoms with E-state index < -0.39 is 0 Å². The normalized spacial score (nSPS) is 10.9. The van der Waals surface area contributed by atoms with Gasteiger partial charge in [-0.05, 0) is 24.3 Å². The predicted octanol–water partition coefficient (Wildman–Crippen LogP) is 2.00. The minimum absolute atomic E-state index is 0.362. The number of carbonyl (C=O) groups is 2. The molecule has 1 aromatic carbocycles. The van der Waals surface area contributed by atoms with Gasteiger partial charge in [0.1, 0.15) is 0 Å². The van der Waals surface area contributed by atoms with Crippen LogP contribution in [0.15, 0.2) is 83.5 Å². The highest BCUT2D eigenvalue weighted by atomic mass is 16.2. The third kappa shape index (κ3) is 5.15. The minimum Gasteiger partial charge on any atom is -0.267 e. The molecule has 0 radical (unpaired) electrons. The molecule has 0 aliphatic heterocycles. The lowest BCUT2D eigenvalue weighted by molar-refractivity contribution is 0.0946. The van der Waals surface area contributed by atoms with Crippen LogP contribution in [-0.2, 0) is 0 Å². The van der Waals surface area contributed by atoms with E-state index >= 15 is 0 Å². The number of amides is 2. The summed E-state index contributed by atoms with van der Waals surface area (Å²) in [4.78, 5) is 31.7. The van der Waals surface area contributed by atoms with Crippen molar-refractivity contribution in [1.82, 2.24) is 20.8 Å². The Hall–Kier alpha value is -4.20. The summed E-state index contributed by atoms with van der Waals surface area (Å²) in [6.07, 6.45) is 9.08. The lowest BCUT2D eigenvalue weighted by Gasteiger charge is -2.02. The second-order valence-electron chi connectivity index (χ2n) is 5.51. The lowest BCUT2D eigenvalue weighted by atomic mass is 10.1. The van der Waals surface area contributed by atoms with Crippen LogP contribution in [-0.4, -0.2) is 34.2 Å². The lowest BCUT2D eigenvalue weighted by Crippen LogP contribution is -2.18. The van der Waals surface area contributed by atoms with Crippen molar-refractivity contribution in [2.24, 2.45) is 10.2 Å². The Labute approximate surface area is 161 Å². The van der Waals surface area contributed by atoms with Gasteiger partial charge in [-0.1, -0.05) is 24.3 Å². The van der Waals surface area contributed by atoms with Crippen molar-refractivity contribution < 1.29 is 9.59 Å². The molecule has 0 saturated carbocycles. The Kier molecular flexibility index (Phi) is 6.30. The molecule has 2 N–H and O–H groups in total. The summed E-state index contributed by atoms with van der Waals surface area (Å²) in [7, 11) is 0. The molecular formula is C20H16N6O2. The van der Waals surface area contributed by atoms with Crippen molar-refractivity contribution >= 4 is 24.2 Å². The third-order valence-electron chi connectivity index (χ3n) is 3.58. The minimum atomic E-state index is -0.362. The van der Waals surface area contributed by atoms with E-state index in [0.717, 1.165) is 0 Å². The summed E-state index contributed by atoms with van der Waals surface area (Å²) < 4.78 is 0. The number of rotatable bonds is 6. The fourth-order valence-corrected chi connectivity index (χ4v) is 2.19. The first-order valence-corrected chi connectivity index (χ1v) is 8.30. The highest BCUT2D eigenvalue weighted by molar-refractivity contribution is 5.98. The molecule has 28 heavy (non-hydrogen) atoms. The molecule has 0 fully saturated rings. The number of nitrogens with zero attached hydrogens (tertiary/aromatic N) is 4. The van der Waals surface area contributed by atoms with Crippen LogP contribution < -0.4 is 10.9 Å². The highest BCUT2D eigenvalue weighted by Gasteiger charge is 2.04. The first-order valence-electron chi connectivity index (χ1n) is 8.30. The molecule has 0 spiro atoms. The number of aromatic nitrogens is 2. The molecule has 0 aliphatic rings. The summed E-state index contributed by atoms with van der Waals surface area (Å²) in [5.41, 5.74) is 7.13. The van der Waals surface area contributed by atoms with Gasteiger partial charge in [-0.2, -0.15) is 10.2 Å². The van der Waals surface area contributed by atoms with Crippen LogP contribution in [0.3, 0.4) is 0 Å². The van der Waals surface area contributed by atoms with Gasteiger partial charge in [-0.3, -0.25) is 19.6 Å². The molecule has 3 aromatic rings. The quantitative estimate of drug-likeness (QED) is 0.509. The molecule has 0 saturated heterocycles. The van der Waals surface area contributed by atoms with E-state index in [0.29, 0.717) is 22.3 Å². The SMILES string of the molecule is O=C(N/N=C/c1ccccc1/C=N/NC(=O)c1cccnc1)c1cccnc1. The smallest absolute Gasteiger partial charge is 0.267 e. The fourth-order valence-electron chi connectivity index (χ4n) is 2.19. The molecule has 2 amide bonds. The average Bonchev–Trinajstić information content (AvgIpc) is 2.76. The van der Waals surface area contributed by atoms with Gasteiger partial charge in [0.15, 0.2) is 0 Å². The Bertz CT molecular complexity index is 921. The Morgan fingerprint density at radius 2 is 1.18 bits per heavy atom. The third-order valence-corrected chi connectivity index (χ3v) is 3.58. The maximum absolute atomic E-state index is 12.0. The average molecular weight is 372 g/mol. The van der Waals surface area contributed by atoms with E-state index in [1.54, 1.807) is 36.7 Å². The molecule has 0 aliphatic carbocycles. The zero-order chi connectivity index (χ0) is 19.6. The van der Waals surface area contributed by atoms with Gasteiger partial charge >= 0.3 is 0 Å². The van der Waals surface area contributed by atoms with Gasteiger partial charge in [0.2, 0.25) is 0 Å². The Morgan fingerprint density at radius 1 is 0.714 bits per heavy atom. The summed E-state index contributed by atoms with van der Waals surface area (Å²) in [5, 5.41) is 7.92. The van der Waals surface area contributed by atoms with Gasteiger partial charge in [-0.25, -0.2) is 10.9 Å². The van der Waals surface area contributed by atoms with Crippen molar-refractivity contribution in [1.29, 1.82) is 0 Å². The van der Waals surface area contributed by atoms with E-state index in [1.807, 2.05) is 24.3 Å². The van der Waals surface area contributed by atoms with Gasteiger partial charge in [0.25, 0.3) is 11.8 Å². The van der Waals surface area contributed by atoms with E-state index in [-0.39, 0.29) is 11.8 Å². The fraction of sp³-hybridized carbons (Fsp3) is 0. The predicted molar refractivity (Wildman–Crippen MR) is 105 cm³/mol. The number of hydrazone groups is 2. The van der Waals surface area contributed by atoms with Crippen LogP contribution in [0.25, 0.3) is 0 Å². The molecular weight excluding hydrogens is 356 g/mol. The molecule has 0 unspecified atom stereocenters. The zero-order valence-electron chi connectivity index (χ0n) is 14.7. The van der Waals surface area contributed by atoms with Gasteiger partial charge < -0.3 is 0 Å². The van der Waals surface area contributed by atoms with Crippen molar-refractivity contribution in [3.05, 3.63) is 95.6 Å². The number of nitrogens with one attached hydrogen (secondary N) is 2. The highest BCUT2D eigenvalue weighted by Crippen LogP contribution is 2.04. The summed E-state index contributed by atoms with van der Waals surface area (Å²) in [5.74, 6) is -0.724. The maximum atomic E-state index is 12.0. The van der Waals surface area contributed by atoms with Crippen molar-refractivity contribution in [2.75, 3.05) is 0 Å². The molecule has 0 bridgehead atoms. The Morgan fingerprint density at radius 3 is 1.57 bits per heavy atom. The molecule has 2 aromatic heterocycles. The topological polar surface area (TPSA) is 109 Å². The summed E-state index contributed by atoms with van der Waals surface area (Å²) in [6.45, 7) is 0. The number of pyridine rings is 2. The van der Waals surface area contributed by atoms with Gasteiger partial charge in [-0.15, -0.1) is 0 Å². The van der Waals surface area contributed by atoms with E-state index in [2.05, 4.69) is 31.0 Å². The van der Waals surface area contributed by atoms with Crippen LogP contribution in [0.5, 0.6) is 0 Å². The first kappa shape index (κ1) is 18.6. The van der Waals surface area contributed by atoms with Crippen LogP contribution in [0.1, 0.15) is 31.8 Å². The molecule has 0 atom stereocenters. The largest absolute Gasteiger partial charge is 0.272 e. The molecule has 2 heterocycles. The molecule has 8 nitrogen and oxygen atoms in total. The van der Waals surface area contributed by atoms with Crippen molar-refractivity contribution in [3.63, 3.8) is 0 Å². The van der Waals surface area contributed by atoms with Crippen molar-refractivity contribution in [2.45, 2.75) is 0 Å². The number of hydrogen-bond donors (Lipinski definition) is 2. The summed E-state index contributed by atoms with van der Waals surface area (Å²) >= 11 is 0. The zero-order valence-corrected chi connectivity index (χ0v) is 14.7. The van der Waals surface area contributed by atoms with Crippen LogP contribution in [0.4, 0.5) is 0 Å². The molecule has 138 valence electrons. The number of hydrogen-bond acceptors (Lipinski definition) is 6. The molecule has 8 heteroatoms. The van der Waals surface area contributed by atoms with Crippen LogP contribution >= 0.6 is 0 Å². The van der Waals surface area contributed by atoms with Crippen molar-refractivity contribution in [3.8, 4) is 0 Å². The van der Waals surface area contributed by atoms with Gasteiger partial charge in [0.05, 0.1) is 23.6 Å². The second-order valence-corrected chi connectivity index (χ2v) is 5.51. The van der Waals surface area contributed by atoms with E-state index in [1.165, 1.54) is 24.8 Å². The number of carbonyl (C=O) groups excluding carboxylic acids is 2. The van der Waals surface area contributed by atoms with E-state index in [9.17, 15) is 9.59 Å². The summed E-state index contributed by atoms with van der Waals surface area (Å²) in [6, 6.07) is 13.9. The Balaban J connectivity index is 1.62. The second kappa shape index (κ2) is 9.48. The monoisotopic (exact) mass is 372 g/mol. The standard InChI is InChI=1S/C20H16N6O2/c27-19(17-7-3-9-21-11-17)25-23-13-15-5-1-2-6-16(15)14-24-26-20(28)18-8-4-10-22-12-18/h1-14H,(H,25,27)(H,26,28)/b23-13+,24-14+. The maximum Gasteiger partial charge on any atom is 0.272 e. The van der Waals surface area contributed by atoms with Crippen LogP contribution in [0, 0.1) is 0 Å². The van der Waals surface area contributed by atoms with E-state index in [4.69, 9.17) is 0 Å². The number of benzene rings is 1. The molecule has 3 rings (SSSR count). The van der Waals surface area contributed by atoms with Crippen LogP contribution in [0.2, 0.25) is 0 Å².